The topological polar surface area (TPSA) is 114 Å². The van der Waals surface area contributed by atoms with E-state index in [0.29, 0.717) is 0 Å². The van der Waals surface area contributed by atoms with Crippen molar-refractivity contribution in [2.45, 2.75) is 24.4 Å². The summed E-state index contributed by atoms with van der Waals surface area (Å²) in [6.45, 7) is -0.471. The molecule has 0 aromatic carbocycles. The van der Waals surface area contributed by atoms with E-state index in [1.54, 1.807) is 0 Å². The normalized spacial score (nSPS) is 30.8. The van der Waals surface area contributed by atoms with E-state index in [2.05, 4.69) is 0 Å². The summed E-state index contributed by atoms with van der Waals surface area (Å²) in [7, 11) is 2.78. The lowest BCUT2D eigenvalue weighted by atomic mass is 10.0. The fourth-order valence-corrected chi connectivity index (χ4v) is 2.19. The van der Waals surface area contributed by atoms with Crippen molar-refractivity contribution in [3.63, 3.8) is 0 Å². The van der Waals surface area contributed by atoms with Gasteiger partial charge in [-0.15, -0.1) is 0 Å². The predicted octanol–water partition coefficient (Wildman–Crippen LogP) is -2.76. The average molecular weight is 272 g/mol. The molecule has 0 radical (unpaired) electrons. The summed E-state index contributed by atoms with van der Waals surface area (Å²) in [6.07, 6.45) is -3.37. The van der Waals surface area contributed by atoms with Crippen LogP contribution in [-0.4, -0.2) is 49.4 Å². The second-order valence-corrected chi connectivity index (χ2v) is 4.60. The molecule has 2 heterocycles. The van der Waals surface area contributed by atoms with Crippen LogP contribution in [0.4, 0.5) is 0 Å². The Kier molecular flexibility index (Phi) is 3.59. The van der Waals surface area contributed by atoms with Crippen LogP contribution in [0.1, 0.15) is 11.7 Å². The summed E-state index contributed by atoms with van der Waals surface area (Å²) in [4.78, 5) is 23.5. The summed E-state index contributed by atoms with van der Waals surface area (Å²) >= 11 is 0. The van der Waals surface area contributed by atoms with E-state index in [0.717, 1.165) is 4.57 Å². The van der Waals surface area contributed by atoms with Crippen molar-refractivity contribution in [1.29, 1.82) is 0 Å². The number of aromatic nitrogens is 2. The van der Waals surface area contributed by atoms with E-state index >= 15 is 0 Å². The molecular formula is C11H16N2O6. The fourth-order valence-electron chi connectivity index (χ4n) is 2.19. The SMILES string of the molecule is Cn1cc([C@@H]2O[C@H](CO)[C@H](O)C2O)c(=O)n(C)c1=O. The largest absolute Gasteiger partial charge is 0.394 e. The fraction of sp³-hybridized carbons (Fsp3) is 0.636. The van der Waals surface area contributed by atoms with Gasteiger partial charge in [-0.2, -0.15) is 0 Å². The Hall–Kier alpha value is -1.48. The molecule has 106 valence electrons. The lowest BCUT2D eigenvalue weighted by molar-refractivity contribution is -0.0234. The second-order valence-electron chi connectivity index (χ2n) is 4.60. The van der Waals surface area contributed by atoms with Crippen molar-refractivity contribution < 1.29 is 20.1 Å². The number of ether oxygens (including phenoxy) is 1. The zero-order valence-electron chi connectivity index (χ0n) is 10.6. The first kappa shape index (κ1) is 13.9. The molecule has 1 unspecified atom stereocenters. The highest BCUT2D eigenvalue weighted by Crippen LogP contribution is 2.31. The Morgan fingerprint density at radius 3 is 2.42 bits per heavy atom. The number of aryl methyl sites for hydroxylation is 1. The van der Waals surface area contributed by atoms with Crippen molar-refractivity contribution in [2.75, 3.05) is 6.61 Å². The highest BCUT2D eigenvalue weighted by Gasteiger charge is 2.44. The molecule has 0 saturated carbocycles. The van der Waals surface area contributed by atoms with Crippen molar-refractivity contribution in [1.82, 2.24) is 9.13 Å². The molecule has 4 atom stereocenters. The predicted molar refractivity (Wildman–Crippen MR) is 63.6 cm³/mol. The van der Waals surface area contributed by atoms with Gasteiger partial charge in [0.2, 0.25) is 0 Å². The Morgan fingerprint density at radius 2 is 1.89 bits per heavy atom. The molecule has 1 aliphatic rings. The van der Waals surface area contributed by atoms with Gasteiger partial charge in [0.1, 0.15) is 24.4 Å². The Labute approximate surface area is 108 Å². The highest BCUT2D eigenvalue weighted by atomic mass is 16.6. The molecule has 0 amide bonds. The standard InChI is InChI=1S/C11H16N2O6/c1-12-3-5(10(17)13(2)11(12)18)9-8(16)7(15)6(4-14)19-9/h3,6-9,14-16H,4H2,1-2H3/t6-,7+,8?,9+/m1/s1. The maximum absolute atomic E-state index is 12.0. The minimum absolute atomic E-state index is 0.0621. The lowest BCUT2D eigenvalue weighted by Crippen LogP contribution is -2.40. The van der Waals surface area contributed by atoms with E-state index < -0.39 is 42.3 Å². The van der Waals surface area contributed by atoms with Gasteiger partial charge in [-0.05, 0) is 0 Å². The lowest BCUT2D eigenvalue weighted by Gasteiger charge is -2.15. The number of aliphatic hydroxyl groups excluding tert-OH is 3. The quantitative estimate of drug-likeness (QED) is 0.537. The molecule has 3 N–H and O–H groups in total. The summed E-state index contributed by atoms with van der Waals surface area (Å²) in [5.74, 6) is 0. The summed E-state index contributed by atoms with van der Waals surface area (Å²) in [5, 5.41) is 28.5. The molecule has 1 fully saturated rings. The Balaban J connectivity index is 2.50. The van der Waals surface area contributed by atoms with Gasteiger partial charge in [-0.25, -0.2) is 4.79 Å². The van der Waals surface area contributed by atoms with Crippen LogP contribution in [-0.2, 0) is 18.8 Å². The van der Waals surface area contributed by atoms with Crippen LogP contribution in [0.15, 0.2) is 15.8 Å². The molecule has 0 bridgehead atoms. The summed E-state index contributed by atoms with van der Waals surface area (Å²) < 4.78 is 7.35. The monoisotopic (exact) mass is 272 g/mol. The highest BCUT2D eigenvalue weighted by molar-refractivity contribution is 5.14. The van der Waals surface area contributed by atoms with Crippen molar-refractivity contribution in [3.05, 3.63) is 32.6 Å². The van der Waals surface area contributed by atoms with Gasteiger partial charge < -0.3 is 24.6 Å². The second kappa shape index (κ2) is 4.89. The third kappa shape index (κ3) is 2.12. The van der Waals surface area contributed by atoms with Crippen LogP contribution in [0.5, 0.6) is 0 Å². The minimum atomic E-state index is -1.33. The van der Waals surface area contributed by atoms with Gasteiger partial charge in [0, 0.05) is 20.3 Å². The van der Waals surface area contributed by atoms with Crippen molar-refractivity contribution in [2.24, 2.45) is 14.1 Å². The van der Waals surface area contributed by atoms with Crippen LogP contribution in [0, 0.1) is 0 Å². The molecule has 1 aromatic rings. The average Bonchev–Trinajstić information content (AvgIpc) is 2.68. The molecule has 0 aliphatic carbocycles. The first-order valence-electron chi connectivity index (χ1n) is 5.77. The van der Waals surface area contributed by atoms with Crippen LogP contribution in [0.2, 0.25) is 0 Å². The summed E-state index contributed by atoms with van der Waals surface area (Å²) in [5.41, 5.74) is -1.04. The molecular weight excluding hydrogens is 256 g/mol. The minimum Gasteiger partial charge on any atom is -0.394 e. The van der Waals surface area contributed by atoms with Crippen LogP contribution >= 0.6 is 0 Å². The van der Waals surface area contributed by atoms with Crippen LogP contribution in [0.25, 0.3) is 0 Å². The van der Waals surface area contributed by atoms with Gasteiger partial charge in [-0.1, -0.05) is 0 Å². The van der Waals surface area contributed by atoms with Gasteiger partial charge in [0.15, 0.2) is 0 Å². The van der Waals surface area contributed by atoms with E-state index in [9.17, 15) is 19.8 Å². The molecule has 1 aliphatic heterocycles. The molecule has 8 nitrogen and oxygen atoms in total. The number of rotatable bonds is 2. The first-order valence-corrected chi connectivity index (χ1v) is 5.77. The third-order valence-electron chi connectivity index (χ3n) is 3.32. The zero-order valence-corrected chi connectivity index (χ0v) is 10.6. The number of hydrogen-bond donors (Lipinski definition) is 3. The van der Waals surface area contributed by atoms with Crippen molar-refractivity contribution >= 4 is 0 Å². The van der Waals surface area contributed by atoms with Gasteiger partial charge >= 0.3 is 5.69 Å². The summed E-state index contributed by atoms with van der Waals surface area (Å²) in [6, 6.07) is 0. The molecule has 1 saturated heterocycles. The van der Waals surface area contributed by atoms with Crippen LogP contribution in [0.3, 0.4) is 0 Å². The maximum Gasteiger partial charge on any atom is 0.330 e. The van der Waals surface area contributed by atoms with Gasteiger partial charge in [0.05, 0.1) is 12.2 Å². The van der Waals surface area contributed by atoms with E-state index in [4.69, 9.17) is 9.84 Å². The first-order chi connectivity index (χ1) is 8.88. The smallest absolute Gasteiger partial charge is 0.330 e. The zero-order chi connectivity index (χ0) is 14.3. The Morgan fingerprint density at radius 1 is 1.26 bits per heavy atom. The van der Waals surface area contributed by atoms with Crippen molar-refractivity contribution in [3.8, 4) is 0 Å². The number of hydrogen-bond acceptors (Lipinski definition) is 6. The number of aliphatic hydroxyl groups is 3. The molecule has 8 heteroatoms. The van der Waals surface area contributed by atoms with E-state index in [1.807, 2.05) is 0 Å². The van der Waals surface area contributed by atoms with Gasteiger partial charge in [-0.3, -0.25) is 9.36 Å². The molecule has 1 aromatic heterocycles. The van der Waals surface area contributed by atoms with E-state index in [-0.39, 0.29) is 5.56 Å². The number of nitrogens with zero attached hydrogens (tertiary/aromatic N) is 2. The Bertz CT molecular complexity index is 592. The third-order valence-corrected chi connectivity index (χ3v) is 3.32. The molecule has 19 heavy (non-hydrogen) atoms. The van der Waals surface area contributed by atoms with Crippen LogP contribution < -0.4 is 11.2 Å². The molecule has 2 rings (SSSR count). The van der Waals surface area contributed by atoms with E-state index in [1.165, 1.54) is 24.9 Å². The van der Waals surface area contributed by atoms with Gasteiger partial charge in [0.25, 0.3) is 5.56 Å². The maximum atomic E-state index is 12.0. The molecule has 0 spiro atoms.